The van der Waals surface area contributed by atoms with Gasteiger partial charge in [0, 0.05) is 62.8 Å². The van der Waals surface area contributed by atoms with Crippen molar-refractivity contribution < 1.29 is 19.0 Å². The minimum Gasteiger partial charge on any atom is -0.492 e. The topological polar surface area (TPSA) is 68.5 Å². The predicted molar refractivity (Wildman–Crippen MR) is 128 cm³/mol. The van der Waals surface area contributed by atoms with Crippen LogP contribution in [-0.2, 0) is 15.9 Å². The van der Waals surface area contributed by atoms with Crippen LogP contribution in [-0.4, -0.2) is 90.8 Å². The average Bonchev–Trinajstić information content (AvgIpc) is 3.22. The largest absolute Gasteiger partial charge is 0.492 e. The zero-order chi connectivity index (χ0) is 23.2. The van der Waals surface area contributed by atoms with E-state index in [1.807, 2.05) is 45.8 Å². The minimum absolute atomic E-state index is 0.0270. The number of rotatable bonds is 7. The molecule has 0 aliphatic carbocycles. The molecule has 180 valence electrons. The first-order valence-corrected chi connectivity index (χ1v) is 12.1. The monoisotopic (exact) mass is 464 g/mol. The zero-order valence-electron chi connectivity index (χ0n) is 19.5. The number of fused-ring (bicyclic) bond motifs is 1. The van der Waals surface area contributed by atoms with E-state index >= 15 is 0 Å². The Morgan fingerprint density at radius 3 is 2.88 bits per heavy atom. The number of carbonyl (C=O) groups excluding carboxylic acids is 1. The zero-order valence-corrected chi connectivity index (χ0v) is 19.5. The normalized spacial score (nSPS) is 19.8. The van der Waals surface area contributed by atoms with Crippen molar-refractivity contribution in [1.29, 1.82) is 0 Å². The first kappa shape index (κ1) is 22.8. The summed E-state index contributed by atoms with van der Waals surface area (Å²) < 4.78 is 19.2. The van der Waals surface area contributed by atoms with Gasteiger partial charge in [-0.15, -0.1) is 0 Å². The summed E-state index contributed by atoms with van der Waals surface area (Å²) in [5.41, 5.74) is 2.80. The van der Waals surface area contributed by atoms with E-state index in [0.717, 1.165) is 50.7 Å². The molecule has 8 heteroatoms. The summed E-state index contributed by atoms with van der Waals surface area (Å²) in [5, 5.41) is 0. The number of carbonyl (C=O) groups is 1. The molecule has 34 heavy (non-hydrogen) atoms. The van der Waals surface area contributed by atoms with Gasteiger partial charge in [-0.05, 0) is 36.2 Å². The van der Waals surface area contributed by atoms with Crippen molar-refractivity contribution in [2.45, 2.75) is 6.42 Å². The molecule has 4 heterocycles. The highest BCUT2D eigenvalue weighted by molar-refractivity contribution is 5.94. The first-order valence-electron chi connectivity index (χ1n) is 12.1. The first-order chi connectivity index (χ1) is 16.7. The van der Waals surface area contributed by atoms with Crippen molar-refractivity contribution in [3.63, 3.8) is 0 Å². The average molecular weight is 465 g/mol. The number of amides is 1. The molecule has 8 nitrogen and oxygen atoms in total. The number of imidazole rings is 1. The van der Waals surface area contributed by atoms with Crippen LogP contribution in [0.5, 0.6) is 5.75 Å². The molecule has 2 saturated heterocycles. The summed E-state index contributed by atoms with van der Waals surface area (Å²) >= 11 is 0. The van der Waals surface area contributed by atoms with Crippen LogP contribution in [0.1, 0.15) is 15.9 Å². The van der Waals surface area contributed by atoms with Crippen molar-refractivity contribution in [2.24, 2.45) is 5.92 Å². The van der Waals surface area contributed by atoms with Gasteiger partial charge in [0.05, 0.1) is 26.4 Å². The third-order valence-corrected chi connectivity index (χ3v) is 6.46. The lowest BCUT2D eigenvalue weighted by Gasteiger charge is -2.26. The number of morpholine rings is 1. The SMILES string of the molecule is O=C(c1cccc(OCCN2CCOCC2)c1)N1CCOC[C@@H](Cc2ccc3nccn3c2)C1. The summed E-state index contributed by atoms with van der Waals surface area (Å²) in [6, 6.07) is 11.7. The Morgan fingerprint density at radius 2 is 1.97 bits per heavy atom. The highest BCUT2D eigenvalue weighted by Gasteiger charge is 2.24. The second-order valence-electron chi connectivity index (χ2n) is 8.96. The lowest BCUT2D eigenvalue weighted by molar-refractivity contribution is 0.0322. The number of pyridine rings is 1. The number of hydrogen-bond acceptors (Lipinski definition) is 6. The summed E-state index contributed by atoms with van der Waals surface area (Å²) in [6.07, 6.45) is 6.71. The maximum atomic E-state index is 13.3. The Kier molecular flexibility index (Phi) is 7.38. The maximum absolute atomic E-state index is 13.3. The molecule has 2 aliphatic rings. The maximum Gasteiger partial charge on any atom is 0.254 e. The van der Waals surface area contributed by atoms with Crippen molar-refractivity contribution in [3.05, 3.63) is 66.1 Å². The Bertz CT molecular complexity index is 1100. The Hall–Kier alpha value is -2.94. The number of nitrogens with zero attached hydrogens (tertiary/aromatic N) is 4. The lowest BCUT2D eigenvalue weighted by atomic mass is 10.0. The molecule has 1 amide bonds. The fourth-order valence-electron chi connectivity index (χ4n) is 4.63. The molecule has 2 aromatic heterocycles. The van der Waals surface area contributed by atoms with E-state index in [1.54, 1.807) is 6.20 Å². The van der Waals surface area contributed by atoms with Crippen LogP contribution in [0.3, 0.4) is 0 Å². The molecule has 5 rings (SSSR count). The third-order valence-electron chi connectivity index (χ3n) is 6.46. The Labute approximate surface area is 200 Å². The van der Waals surface area contributed by atoms with Crippen LogP contribution in [0.4, 0.5) is 0 Å². The highest BCUT2D eigenvalue weighted by Crippen LogP contribution is 2.19. The van der Waals surface area contributed by atoms with Crippen molar-refractivity contribution >= 4 is 11.6 Å². The van der Waals surface area contributed by atoms with E-state index < -0.39 is 0 Å². The lowest BCUT2D eigenvalue weighted by Crippen LogP contribution is -2.38. The second-order valence-corrected chi connectivity index (χ2v) is 8.96. The van der Waals surface area contributed by atoms with E-state index in [-0.39, 0.29) is 11.8 Å². The molecular formula is C26H32N4O4. The fourth-order valence-corrected chi connectivity index (χ4v) is 4.63. The van der Waals surface area contributed by atoms with Crippen LogP contribution in [0, 0.1) is 5.92 Å². The van der Waals surface area contributed by atoms with E-state index in [9.17, 15) is 4.79 Å². The third kappa shape index (κ3) is 5.75. The van der Waals surface area contributed by atoms with Crippen LogP contribution in [0.15, 0.2) is 55.0 Å². The number of benzene rings is 1. The van der Waals surface area contributed by atoms with Gasteiger partial charge in [0.25, 0.3) is 5.91 Å². The van der Waals surface area contributed by atoms with Crippen molar-refractivity contribution in [2.75, 3.05) is 65.8 Å². The van der Waals surface area contributed by atoms with E-state index in [1.165, 1.54) is 5.56 Å². The van der Waals surface area contributed by atoms with Gasteiger partial charge in [-0.25, -0.2) is 4.98 Å². The van der Waals surface area contributed by atoms with Crippen LogP contribution in [0.2, 0.25) is 0 Å². The van der Waals surface area contributed by atoms with Crippen LogP contribution < -0.4 is 4.74 Å². The van der Waals surface area contributed by atoms with Gasteiger partial charge in [0.15, 0.2) is 0 Å². The van der Waals surface area contributed by atoms with Crippen LogP contribution >= 0.6 is 0 Å². The Balaban J connectivity index is 1.19. The molecule has 0 saturated carbocycles. The summed E-state index contributed by atoms with van der Waals surface area (Å²) in [4.78, 5) is 21.9. The van der Waals surface area contributed by atoms with E-state index in [0.29, 0.717) is 38.5 Å². The smallest absolute Gasteiger partial charge is 0.254 e. The standard InChI is InChI=1S/C26H32N4O4/c31-26(23-2-1-3-24(17-23)34-15-10-28-8-12-32-13-9-28)30-11-14-33-20-22(19-30)16-21-4-5-25-27-6-7-29(25)18-21/h1-7,17-18,22H,8-16,19-20H2/t22-/m0/s1. The molecule has 1 aromatic carbocycles. The molecular weight excluding hydrogens is 432 g/mol. The van der Waals surface area contributed by atoms with Crippen LogP contribution in [0.25, 0.3) is 5.65 Å². The van der Waals surface area contributed by atoms with Gasteiger partial charge in [0.1, 0.15) is 18.0 Å². The van der Waals surface area contributed by atoms with Crippen molar-refractivity contribution in [1.82, 2.24) is 19.2 Å². The van der Waals surface area contributed by atoms with Gasteiger partial charge in [-0.3, -0.25) is 9.69 Å². The Morgan fingerprint density at radius 1 is 1.09 bits per heavy atom. The summed E-state index contributed by atoms with van der Waals surface area (Å²) in [6.45, 7) is 7.36. The fraction of sp³-hybridized carbons (Fsp3) is 0.462. The molecule has 3 aromatic rings. The predicted octanol–water partition coefficient (Wildman–Crippen LogP) is 2.38. The van der Waals surface area contributed by atoms with Gasteiger partial charge in [-0.1, -0.05) is 12.1 Å². The summed E-state index contributed by atoms with van der Waals surface area (Å²) in [7, 11) is 0. The number of hydrogen-bond donors (Lipinski definition) is 0. The molecule has 0 unspecified atom stereocenters. The van der Waals surface area contributed by atoms with Gasteiger partial charge >= 0.3 is 0 Å². The quantitative estimate of drug-likeness (QED) is 0.535. The van der Waals surface area contributed by atoms with E-state index in [2.05, 4.69) is 22.1 Å². The molecule has 2 fully saturated rings. The minimum atomic E-state index is 0.0270. The van der Waals surface area contributed by atoms with Gasteiger partial charge < -0.3 is 23.5 Å². The second kappa shape index (κ2) is 11.0. The summed E-state index contributed by atoms with van der Waals surface area (Å²) in [5.74, 6) is 0.995. The molecule has 0 radical (unpaired) electrons. The number of aromatic nitrogens is 2. The van der Waals surface area contributed by atoms with Gasteiger partial charge in [-0.2, -0.15) is 0 Å². The molecule has 0 bridgehead atoms. The highest BCUT2D eigenvalue weighted by atomic mass is 16.5. The molecule has 2 aliphatic heterocycles. The van der Waals surface area contributed by atoms with E-state index in [4.69, 9.17) is 14.2 Å². The van der Waals surface area contributed by atoms with Crippen molar-refractivity contribution in [3.8, 4) is 5.75 Å². The molecule has 0 spiro atoms. The van der Waals surface area contributed by atoms with Gasteiger partial charge in [0.2, 0.25) is 0 Å². The molecule has 1 atom stereocenters. The molecule has 0 N–H and O–H groups in total. The number of ether oxygens (including phenoxy) is 3.